The Balaban J connectivity index is 1.63. The maximum Gasteiger partial charge on any atom is 0.417 e. The Hall–Kier alpha value is -3.79. The van der Waals surface area contributed by atoms with Crippen molar-refractivity contribution in [2.24, 2.45) is 0 Å². The van der Waals surface area contributed by atoms with Gasteiger partial charge in [0.2, 0.25) is 5.91 Å². The third-order valence-electron chi connectivity index (χ3n) is 6.15. The predicted octanol–water partition coefficient (Wildman–Crippen LogP) is 4.46. The number of hydrogen-bond acceptors (Lipinski definition) is 4. The van der Waals surface area contributed by atoms with E-state index >= 15 is 0 Å². The summed E-state index contributed by atoms with van der Waals surface area (Å²) in [6.45, 7) is 0.0169. The van der Waals surface area contributed by atoms with E-state index in [0.717, 1.165) is 30.0 Å². The Bertz CT molecular complexity index is 1260. The second kappa shape index (κ2) is 10.1. The summed E-state index contributed by atoms with van der Waals surface area (Å²) in [5, 5.41) is 10.7. The van der Waals surface area contributed by atoms with Crippen molar-refractivity contribution in [1.82, 2.24) is 4.98 Å². The van der Waals surface area contributed by atoms with Gasteiger partial charge in [-0.15, -0.1) is 0 Å². The highest BCUT2D eigenvalue weighted by Crippen LogP contribution is 2.32. The summed E-state index contributed by atoms with van der Waals surface area (Å²) in [7, 11) is 1.66. The van der Waals surface area contributed by atoms with Gasteiger partial charge in [0.25, 0.3) is 5.91 Å². The molecular weight excluding hydrogens is 478 g/mol. The van der Waals surface area contributed by atoms with Gasteiger partial charge in [0.1, 0.15) is 5.82 Å². The summed E-state index contributed by atoms with van der Waals surface area (Å²) >= 11 is 0. The summed E-state index contributed by atoms with van der Waals surface area (Å²) in [4.78, 5) is 32.1. The molecule has 0 fully saturated rings. The first-order chi connectivity index (χ1) is 17.0. The number of aliphatic hydroxyl groups is 1. The van der Waals surface area contributed by atoms with Crippen LogP contribution in [0.4, 0.5) is 28.9 Å². The average molecular weight is 501 g/mol. The number of halogens is 4. The third-order valence-corrected chi connectivity index (χ3v) is 6.15. The van der Waals surface area contributed by atoms with Crippen molar-refractivity contribution in [2.75, 3.05) is 23.4 Å². The van der Waals surface area contributed by atoms with E-state index in [4.69, 9.17) is 0 Å². The van der Waals surface area contributed by atoms with Gasteiger partial charge in [-0.05, 0) is 60.0 Å². The molecule has 10 heteroatoms. The molecule has 0 radical (unpaired) electrons. The molecular formula is C26H23F4N3O3. The lowest BCUT2D eigenvalue weighted by Gasteiger charge is -2.30. The number of benzene rings is 2. The maximum absolute atomic E-state index is 13.4. The molecule has 1 aromatic heterocycles. The van der Waals surface area contributed by atoms with Crippen LogP contribution in [0.3, 0.4) is 0 Å². The standard InChI is InChI=1S/C26H23F4N3O3/c1-32-22-10-9-21(14-17(22)4-11-23(32)34)33(25(36)24(35)16-2-6-19(27)7-3-16)13-12-20-8-5-18(15-31-20)26(28,29)30/h2-3,5-10,14-15,24,35H,4,11-13H2,1H3/t24-/m0/s1. The molecule has 0 saturated heterocycles. The van der Waals surface area contributed by atoms with Crippen LogP contribution < -0.4 is 9.80 Å². The fourth-order valence-corrected chi connectivity index (χ4v) is 4.08. The van der Waals surface area contributed by atoms with E-state index in [0.29, 0.717) is 29.9 Å². The van der Waals surface area contributed by atoms with Gasteiger partial charge in [0.15, 0.2) is 6.10 Å². The zero-order valence-electron chi connectivity index (χ0n) is 19.3. The quantitative estimate of drug-likeness (QED) is 0.507. The summed E-state index contributed by atoms with van der Waals surface area (Å²) in [5.41, 5.74) is 1.67. The number of aliphatic hydroxyl groups excluding tert-OH is 1. The first-order valence-electron chi connectivity index (χ1n) is 11.2. The fraction of sp³-hybridized carbons (Fsp3) is 0.269. The molecule has 4 rings (SSSR count). The van der Waals surface area contributed by atoms with Gasteiger partial charge in [-0.25, -0.2) is 4.39 Å². The van der Waals surface area contributed by atoms with E-state index in [1.165, 1.54) is 28.0 Å². The molecule has 0 unspecified atom stereocenters. The minimum absolute atomic E-state index is 0.0169. The van der Waals surface area contributed by atoms with Crippen LogP contribution in [0.5, 0.6) is 0 Å². The van der Waals surface area contributed by atoms with Crippen molar-refractivity contribution < 1.29 is 32.3 Å². The van der Waals surface area contributed by atoms with Gasteiger partial charge in [0, 0.05) is 49.7 Å². The highest BCUT2D eigenvalue weighted by atomic mass is 19.4. The number of carbonyl (C=O) groups is 2. The normalized spacial score (nSPS) is 14.4. The molecule has 2 amide bonds. The van der Waals surface area contributed by atoms with Gasteiger partial charge < -0.3 is 14.9 Å². The van der Waals surface area contributed by atoms with Crippen LogP contribution in [0.15, 0.2) is 60.8 Å². The number of hydrogen-bond donors (Lipinski definition) is 1. The number of nitrogens with zero attached hydrogens (tertiary/aromatic N) is 3. The molecule has 0 saturated carbocycles. The van der Waals surface area contributed by atoms with E-state index in [9.17, 15) is 32.3 Å². The summed E-state index contributed by atoms with van der Waals surface area (Å²) in [6, 6.07) is 12.2. The van der Waals surface area contributed by atoms with E-state index in [-0.39, 0.29) is 24.4 Å². The molecule has 2 heterocycles. The molecule has 0 bridgehead atoms. The Morgan fingerprint density at radius 3 is 2.47 bits per heavy atom. The molecule has 3 aromatic rings. The molecule has 36 heavy (non-hydrogen) atoms. The van der Waals surface area contributed by atoms with E-state index in [2.05, 4.69) is 4.98 Å². The molecule has 1 N–H and O–H groups in total. The number of aryl methyl sites for hydroxylation is 1. The first kappa shape index (κ1) is 25.3. The predicted molar refractivity (Wildman–Crippen MR) is 125 cm³/mol. The summed E-state index contributed by atoms with van der Waals surface area (Å²) in [5.74, 6) is -1.23. The molecule has 6 nitrogen and oxygen atoms in total. The van der Waals surface area contributed by atoms with Crippen molar-refractivity contribution in [3.63, 3.8) is 0 Å². The summed E-state index contributed by atoms with van der Waals surface area (Å²) < 4.78 is 51.9. The Kier molecular flexibility index (Phi) is 7.07. The number of anilines is 2. The molecule has 0 aliphatic carbocycles. The lowest BCUT2D eigenvalue weighted by molar-refractivity contribution is -0.137. The van der Waals surface area contributed by atoms with E-state index < -0.39 is 29.6 Å². The van der Waals surface area contributed by atoms with Crippen molar-refractivity contribution in [1.29, 1.82) is 0 Å². The number of alkyl halides is 3. The highest BCUT2D eigenvalue weighted by Gasteiger charge is 2.31. The Morgan fingerprint density at radius 1 is 1.11 bits per heavy atom. The molecule has 0 spiro atoms. The minimum atomic E-state index is -4.51. The first-order valence-corrected chi connectivity index (χ1v) is 11.2. The topological polar surface area (TPSA) is 73.7 Å². The zero-order chi connectivity index (χ0) is 26.0. The van der Waals surface area contributed by atoms with Crippen LogP contribution in [0.25, 0.3) is 0 Å². The van der Waals surface area contributed by atoms with Gasteiger partial charge in [0.05, 0.1) is 5.56 Å². The fourth-order valence-electron chi connectivity index (χ4n) is 4.08. The number of pyridine rings is 1. The molecule has 188 valence electrons. The number of amides is 2. The minimum Gasteiger partial charge on any atom is -0.378 e. The largest absolute Gasteiger partial charge is 0.417 e. The number of aromatic nitrogens is 1. The molecule has 1 atom stereocenters. The number of fused-ring (bicyclic) bond motifs is 1. The van der Waals surface area contributed by atoms with Crippen molar-refractivity contribution in [3.05, 3.63) is 89.0 Å². The van der Waals surface area contributed by atoms with Crippen molar-refractivity contribution >= 4 is 23.2 Å². The van der Waals surface area contributed by atoms with Crippen LogP contribution in [-0.2, 0) is 28.6 Å². The van der Waals surface area contributed by atoms with Crippen LogP contribution in [0.1, 0.15) is 34.9 Å². The smallest absolute Gasteiger partial charge is 0.378 e. The van der Waals surface area contributed by atoms with Crippen molar-refractivity contribution in [2.45, 2.75) is 31.5 Å². The van der Waals surface area contributed by atoms with Crippen LogP contribution in [0.2, 0.25) is 0 Å². The van der Waals surface area contributed by atoms with Crippen LogP contribution in [0, 0.1) is 5.82 Å². The summed E-state index contributed by atoms with van der Waals surface area (Å²) in [6.07, 6.45) is -4.45. The van der Waals surface area contributed by atoms with E-state index in [1.54, 1.807) is 25.2 Å². The monoisotopic (exact) mass is 501 g/mol. The highest BCUT2D eigenvalue weighted by molar-refractivity contribution is 5.99. The lowest BCUT2D eigenvalue weighted by atomic mass is 10.00. The van der Waals surface area contributed by atoms with Gasteiger partial charge in [-0.3, -0.25) is 14.6 Å². The van der Waals surface area contributed by atoms with Crippen LogP contribution >= 0.6 is 0 Å². The second-order valence-corrected chi connectivity index (χ2v) is 8.50. The van der Waals surface area contributed by atoms with Gasteiger partial charge in [-0.1, -0.05) is 12.1 Å². The van der Waals surface area contributed by atoms with Gasteiger partial charge in [-0.2, -0.15) is 13.2 Å². The number of carbonyl (C=O) groups excluding carboxylic acids is 2. The second-order valence-electron chi connectivity index (χ2n) is 8.50. The average Bonchev–Trinajstić information content (AvgIpc) is 2.86. The van der Waals surface area contributed by atoms with Crippen LogP contribution in [-0.4, -0.2) is 35.5 Å². The molecule has 1 aliphatic heterocycles. The molecule has 1 aliphatic rings. The number of rotatable bonds is 6. The lowest BCUT2D eigenvalue weighted by Crippen LogP contribution is -2.37. The Morgan fingerprint density at radius 2 is 1.83 bits per heavy atom. The van der Waals surface area contributed by atoms with Gasteiger partial charge >= 0.3 is 6.18 Å². The zero-order valence-corrected chi connectivity index (χ0v) is 19.3. The SMILES string of the molecule is CN1C(=O)CCc2cc(N(CCc3ccc(C(F)(F)F)cn3)C(=O)[C@@H](O)c3ccc(F)cc3)ccc21. The molecule has 2 aromatic carbocycles. The maximum atomic E-state index is 13.4. The van der Waals surface area contributed by atoms with E-state index in [1.807, 2.05) is 0 Å². The van der Waals surface area contributed by atoms with Crippen molar-refractivity contribution in [3.8, 4) is 0 Å². The third kappa shape index (κ3) is 5.38. The Labute approximate surface area is 204 Å².